The summed E-state index contributed by atoms with van der Waals surface area (Å²) in [5.41, 5.74) is 7.34. The average molecular weight is 278 g/mol. The minimum Gasteiger partial charge on any atom is -0.389 e. The van der Waals surface area contributed by atoms with E-state index in [-0.39, 0.29) is 0 Å². The van der Waals surface area contributed by atoms with Crippen LogP contribution in [-0.2, 0) is 0 Å². The standard InChI is InChI=1S/C15H22N2OS/c1-11-6-8-17(9-7-11)10-14(18)12-2-4-13(5-3-12)15(16)19/h2-5,11,14,18H,6-10H2,1H3,(H2,16,19). The number of nitrogens with zero attached hydrogens (tertiary/aromatic N) is 1. The molecule has 4 heteroatoms. The number of aliphatic hydroxyl groups excluding tert-OH is 1. The third-order valence-corrected chi connectivity index (χ3v) is 4.12. The van der Waals surface area contributed by atoms with Crippen molar-refractivity contribution in [1.82, 2.24) is 4.90 Å². The van der Waals surface area contributed by atoms with E-state index in [9.17, 15) is 5.11 Å². The van der Waals surface area contributed by atoms with Crippen LogP contribution in [0.3, 0.4) is 0 Å². The smallest absolute Gasteiger partial charge is 0.103 e. The molecule has 104 valence electrons. The zero-order valence-electron chi connectivity index (χ0n) is 11.4. The summed E-state index contributed by atoms with van der Waals surface area (Å²) in [6.45, 7) is 5.17. The predicted molar refractivity (Wildman–Crippen MR) is 82.1 cm³/mol. The lowest BCUT2D eigenvalue weighted by atomic mass is 9.98. The number of hydrogen-bond donors (Lipinski definition) is 2. The molecule has 1 heterocycles. The highest BCUT2D eigenvalue weighted by Gasteiger charge is 2.19. The van der Waals surface area contributed by atoms with E-state index in [4.69, 9.17) is 18.0 Å². The molecule has 3 nitrogen and oxygen atoms in total. The highest BCUT2D eigenvalue weighted by atomic mass is 32.1. The Kier molecular flexibility index (Phi) is 4.91. The Hall–Kier alpha value is -0.970. The summed E-state index contributed by atoms with van der Waals surface area (Å²) >= 11 is 4.92. The molecule has 1 fully saturated rings. The summed E-state index contributed by atoms with van der Waals surface area (Å²) < 4.78 is 0. The molecule has 2 rings (SSSR count). The fourth-order valence-corrected chi connectivity index (χ4v) is 2.60. The normalized spacial score (nSPS) is 19.3. The topological polar surface area (TPSA) is 49.5 Å². The number of β-amino-alcohol motifs (C(OH)–C–C–N with tert-alkyl or cyclic N) is 1. The maximum atomic E-state index is 10.3. The number of aliphatic hydroxyl groups is 1. The van der Waals surface area contributed by atoms with Gasteiger partial charge >= 0.3 is 0 Å². The van der Waals surface area contributed by atoms with Gasteiger partial charge in [-0.05, 0) is 37.4 Å². The van der Waals surface area contributed by atoms with Gasteiger partial charge in [0.05, 0.1) is 6.10 Å². The largest absolute Gasteiger partial charge is 0.389 e. The van der Waals surface area contributed by atoms with Gasteiger partial charge in [0.2, 0.25) is 0 Å². The van der Waals surface area contributed by atoms with Gasteiger partial charge in [-0.2, -0.15) is 0 Å². The van der Waals surface area contributed by atoms with Gasteiger partial charge in [-0.1, -0.05) is 43.4 Å². The maximum absolute atomic E-state index is 10.3. The van der Waals surface area contributed by atoms with Crippen molar-refractivity contribution in [2.75, 3.05) is 19.6 Å². The Labute approximate surface area is 120 Å². The second-order valence-corrected chi connectivity index (χ2v) is 5.93. The lowest BCUT2D eigenvalue weighted by Crippen LogP contribution is -2.35. The number of likely N-dealkylation sites (tertiary alicyclic amines) is 1. The fraction of sp³-hybridized carbons (Fsp3) is 0.533. The van der Waals surface area contributed by atoms with Gasteiger partial charge in [0, 0.05) is 12.1 Å². The van der Waals surface area contributed by atoms with Crippen LogP contribution >= 0.6 is 12.2 Å². The van der Waals surface area contributed by atoms with Crippen molar-refractivity contribution in [3.8, 4) is 0 Å². The minimum atomic E-state index is -0.436. The van der Waals surface area contributed by atoms with Crippen LogP contribution in [0, 0.1) is 5.92 Å². The van der Waals surface area contributed by atoms with Crippen molar-refractivity contribution in [3.63, 3.8) is 0 Å². The number of benzene rings is 1. The molecule has 19 heavy (non-hydrogen) atoms. The van der Waals surface area contributed by atoms with Crippen molar-refractivity contribution in [1.29, 1.82) is 0 Å². The van der Waals surface area contributed by atoms with Gasteiger partial charge in [0.15, 0.2) is 0 Å². The van der Waals surface area contributed by atoms with Crippen LogP contribution in [0.1, 0.15) is 37.0 Å². The third-order valence-electron chi connectivity index (χ3n) is 3.89. The molecule has 0 radical (unpaired) electrons. The molecule has 1 aliphatic heterocycles. The third kappa shape index (κ3) is 4.00. The van der Waals surface area contributed by atoms with Crippen LogP contribution in [-0.4, -0.2) is 34.6 Å². The molecule has 0 bridgehead atoms. The molecule has 1 atom stereocenters. The Morgan fingerprint density at radius 3 is 2.47 bits per heavy atom. The van der Waals surface area contributed by atoms with E-state index in [1.54, 1.807) is 0 Å². The van der Waals surface area contributed by atoms with Gasteiger partial charge in [-0.3, -0.25) is 0 Å². The molecular weight excluding hydrogens is 256 g/mol. The monoisotopic (exact) mass is 278 g/mol. The van der Waals surface area contributed by atoms with Crippen LogP contribution in [0.5, 0.6) is 0 Å². The van der Waals surface area contributed by atoms with Crippen LogP contribution in [0.2, 0.25) is 0 Å². The van der Waals surface area contributed by atoms with E-state index in [0.717, 1.165) is 30.1 Å². The minimum absolute atomic E-state index is 0.394. The lowest BCUT2D eigenvalue weighted by molar-refractivity contribution is 0.0916. The number of hydrogen-bond acceptors (Lipinski definition) is 3. The van der Waals surface area contributed by atoms with E-state index < -0.39 is 6.10 Å². The highest BCUT2D eigenvalue weighted by Crippen LogP contribution is 2.20. The summed E-state index contributed by atoms with van der Waals surface area (Å²) in [5, 5.41) is 10.3. The number of thiocarbonyl (C=S) groups is 1. The molecule has 1 aliphatic rings. The van der Waals surface area contributed by atoms with Gasteiger partial charge in [0.25, 0.3) is 0 Å². The van der Waals surface area contributed by atoms with Crippen LogP contribution in [0.4, 0.5) is 0 Å². The van der Waals surface area contributed by atoms with E-state index in [0.29, 0.717) is 11.5 Å². The van der Waals surface area contributed by atoms with E-state index in [1.165, 1.54) is 12.8 Å². The maximum Gasteiger partial charge on any atom is 0.103 e. The first-order chi connectivity index (χ1) is 9.06. The predicted octanol–water partition coefficient (Wildman–Crippen LogP) is 2.09. The zero-order chi connectivity index (χ0) is 13.8. The van der Waals surface area contributed by atoms with Crippen LogP contribution in [0.15, 0.2) is 24.3 Å². The molecule has 0 aromatic heterocycles. The summed E-state index contributed by atoms with van der Waals surface area (Å²) in [6, 6.07) is 7.57. The van der Waals surface area contributed by atoms with E-state index >= 15 is 0 Å². The van der Waals surface area contributed by atoms with Crippen molar-refractivity contribution in [3.05, 3.63) is 35.4 Å². The van der Waals surface area contributed by atoms with Gasteiger partial charge in [0.1, 0.15) is 4.99 Å². The summed E-state index contributed by atoms with van der Waals surface area (Å²) in [6.07, 6.45) is 2.02. The summed E-state index contributed by atoms with van der Waals surface area (Å²) in [5.74, 6) is 0.818. The second kappa shape index (κ2) is 6.46. The molecule has 0 amide bonds. The first-order valence-electron chi connectivity index (χ1n) is 6.86. The first-order valence-corrected chi connectivity index (χ1v) is 7.27. The number of piperidine rings is 1. The van der Waals surface area contributed by atoms with Crippen molar-refractivity contribution in [2.45, 2.75) is 25.9 Å². The molecule has 1 aromatic carbocycles. The van der Waals surface area contributed by atoms with Gasteiger partial charge in [-0.15, -0.1) is 0 Å². The van der Waals surface area contributed by atoms with Crippen LogP contribution in [0.25, 0.3) is 0 Å². The average Bonchev–Trinajstić information content (AvgIpc) is 2.41. The fourth-order valence-electron chi connectivity index (χ4n) is 2.46. The zero-order valence-corrected chi connectivity index (χ0v) is 12.2. The number of nitrogens with two attached hydrogens (primary N) is 1. The van der Waals surface area contributed by atoms with Gasteiger partial charge in [-0.25, -0.2) is 0 Å². The van der Waals surface area contributed by atoms with Crippen molar-refractivity contribution in [2.24, 2.45) is 11.7 Å². The van der Waals surface area contributed by atoms with Crippen molar-refractivity contribution >= 4 is 17.2 Å². The lowest BCUT2D eigenvalue weighted by Gasteiger charge is -2.31. The molecule has 1 unspecified atom stereocenters. The highest BCUT2D eigenvalue weighted by molar-refractivity contribution is 7.80. The molecule has 1 aromatic rings. The number of rotatable bonds is 4. The van der Waals surface area contributed by atoms with E-state index in [2.05, 4.69) is 11.8 Å². The van der Waals surface area contributed by atoms with E-state index in [1.807, 2.05) is 24.3 Å². The molecule has 1 saturated heterocycles. The molecule has 0 saturated carbocycles. The molecular formula is C15H22N2OS. The molecule has 3 N–H and O–H groups in total. The molecule has 0 spiro atoms. The quantitative estimate of drug-likeness (QED) is 0.828. The Morgan fingerprint density at radius 2 is 1.95 bits per heavy atom. The first kappa shape index (κ1) is 14.4. The second-order valence-electron chi connectivity index (χ2n) is 5.49. The Morgan fingerprint density at radius 1 is 1.37 bits per heavy atom. The molecule has 0 aliphatic carbocycles. The van der Waals surface area contributed by atoms with Crippen molar-refractivity contribution < 1.29 is 5.11 Å². The Bertz CT molecular complexity index is 424. The Balaban J connectivity index is 1.92. The summed E-state index contributed by atoms with van der Waals surface area (Å²) in [7, 11) is 0. The van der Waals surface area contributed by atoms with Crippen LogP contribution < -0.4 is 5.73 Å². The SMILES string of the molecule is CC1CCN(CC(O)c2ccc(C(N)=S)cc2)CC1. The van der Waals surface area contributed by atoms with Gasteiger partial charge < -0.3 is 15.7 Å². The summed E-state index contributed by atoms with van der Waals surface area (Å²) in [4.78, 5) is 2.73.